The summed E-state index contributed by atoms with van der Waals surface area (Å²) < 4.78 is 15.5. The molecule has 6 nitrogen and oxygen atoms in total. The Labute approximate surface area is 109 Å². The fourth-order valence-electron chi connectivity index (χ4n) is 1.80. The minimum Gasteiger partial charge on any atom is -0.496 e. The van der Waals surface area contributed by atoms with Crippen LogP contribution in [0.25, 0.3) is 11.3 Å². The lowest BCUT2D eigenvalue weighted by Gasteiger charge is -2.10. The molecule has 0 unspecified atom stereocenters. The summed E-state index contributed by atoms with van der Waals surface area (Å²) in [6.07, 6.45) is 0. The molecule has 6 heteroatoms. The van der Waals surface area contributed by atoms with Gasteiger partial charge in [0, 0.05) is 13.2 Å². The summed E-state index contributed by atoms with van der Waals surface area (Å²) in [5, 5.41) is 12.4. The number of carboxylic acid groups (broad SMARTS) is 1. The van der Waals surface area contributed by atoms with Crippen LogP contribution in [0, 0.1) is 0 Å². The van der Waals surface area contributed by atoms with Gasteiger partial charge in [0.1, 0.15) is 5.75 Å². The highest BCUT2D eigenvalue weighted by atomic mass is 16.5. The topological polar surface area (TPSA) is 81.8 Å². The molecular formula is C13H13NO5. The fourth-order valence-corrected chi connectivity index (χ4v) is 1.80. The van der Waals surface area contributed by atoms with E-state index in [9.17, 15) is 4.79 Å². The van der Waals surface area contributed by atoms with Gasteiger partial charge in [0.05, 0.1) is 19.3 Å². The van der Waals surface area contributed by atoms with E-state index in [-0.39, 0.29) is 5.69 Å². The molecule has 0 aliphatic carbocycles. The first-order valence-corrected chi connectivity index (χ1v) is 5.52. The van der Waals surface area contributed by atoms with E-state index in [4.69, 9.17) is 19.1 Å². The lowest BCUT2D eigenvalue weighted by molar-refractivity contribution is 0.0686. The fraction of sp³-hybridized carbons (Fsp3) is 0.231. The number of ether oxygens (including phenoxy) is 2. The van der Waals surface area contributed by atoms with Crippen molar-refractivity contribution >= 4 is 5.97 Å². The first kappa shape index (κ1) is 13.1. The van der Waals surface area contributed by atoms with Gasteiger partial charge < -0.3 is 19.1 Å². The smallest absolute Gasteiger partial charge is 0.358 e. The minimum atomic E-state index is -1.14. The van der Waals surface area contributed by atoms with Crippen LogP contribution in [0.4, 0.5) is 0 Å². The van der Waals surface area contributed by atoms with E-state index in [2.05, 4.69) is 5.16 Å². The van der Waals surface area contributed by atoms with Crippen LogP contribution in [0.15, 0.2) is 28.8 Å². The van der Waals surface area contributed by atoms with Crippen LogP contribution in [0.2, 0.25) is 0 Å². The monoisotopic (exact) mass is 263 g/mol. The van der Waals surface area contributed by atoms with Crippen molar-refractivity contribution in [3.8, 4) is 17.1 Å². The normalized spacial score (nSPS) is 10.4. The van der Waals surface area contributed by atoms with Crippen molar-refractivity contribution in [1.82, 2.24) is 5.16 Å². The van der Waals surface area contributed by atoms with Crippen molar-refractivity contribution in [3.05, 3.63) is 35.5 Å². The summed E-state index contributed by atoms with van der Waals surface area (Å²) in [5.74, 6) is -0.234. The minimum absolute atomic E-state index is 0.149. The van der Waals surface area contributed by atoms with Gasteiger partial charge in [-0.05, 0) is 11.6 Å². The molecule has 0 aliphatic rings. The molecule has 0 saturated carbocycles. The van der Waals surface area contributed by atoms with Crippen LogP contribution in [-0.2, 0) is 11.3 Å². The van der Waals surface area contributed by atoms with Gasteiger partial charge in [0.15, 0.2) is 11.5 Å². The molecule has 19 heavy (non-hydrogen) atoms. The van der Waals surface area contributed by atoms with E-state index in [1.54, 1.807) is 13.2 Å². The molecule has 100 valence electrons. The number of nitrogens with zero attached hydrogens (tertiary/aromatic N) is 1. The van der Waals surface area contributed by atoms with Crippen molar-refractivity contribution in [1.29, 1.82) is 0 Å². The predicted molar refractivity (Wildman–Crippen MR) is 66.2 cm³/mol. The lowest BCUT2D eigenvalue weighted by Crippen LogP contribution is -1.96. The Hall–Kier alpha value is -2.34. The average molecular weight is 263 g/mol. The Morgan fingerprint density at radius 1 is 1.42 bits per heavy atom. The first-order chi connectivity index (χ1) is 9.17. The highest BCUT2D eigenvalue weighted by Crippen LogP contribution is 2.34. The highest BCUT2D eigenvalue weighted by Gasteiger charge is 2.18. The zero-order valence-corrected chi connectivity index (χ0v) is 10.5. The SMILES string of the molecule is COCc1cccc(OC)c1-c1cc(C(=O)O)no1. The third-order valence-electron chi connectivity index (χ3n) is 2.61. The molecule has 1 heterocycles. The second-order valence-corrected chi connectivity index (χ2v) is 3.81. The molecule has 0 fully saturated rings. The van der Waals surface area contributed by atoms with Gasteiger partial charge in [0.2, 0.25) is 0 Å². The van der Waals surface area contributed by atoms with Crippen LogP contribution < -0.4 is 4.74 Å². The number of hydrogen-bond donors (Lipinski definition) is 1. The Balaban J connectivity index is 2.54. The number of carboxylic acids is 1. The van der Waals surface area contributed by atoms with Gasteiger partial charge in [-0.15, -0.1) is 0 Å². The van der Waals surface area contributed by atoms with E-state index in [0.29, 0.717) is 23.7 Å². The third-order valence-corrected chi connectivity index (χ3v) is 2.61. The Morgan fingerprint density at radius 3 is 2.79 bits per heavy atom. The number of hydrogen-bond acceptors (Lipinski definition) is 5. The zero-order chi connectivity index (χ0) is 13.8. The standard InChI is InChI=1S/C13H13NO5/c1-17-7-8-4-3-5-10(18-2)12(8)11-6-9(13(15)16)14-19-11/h3-6H,7H2,1-2H3,(H,15,16). The number of benzene rings is 1. The van der Waals surface area contributed by atoms with Gasteiger partial charge >= 0.3 is 5.97 Å². The van der Waals surface area contributed by atoms with Crippen LogP contribution >= 0.6 is 0 Å². The van der Waals surface area contributed by atoms with Crippen LogP contribution in [0.3, 0.4) is 0 Å². The van der Waals surface area contributed by atoms with Crippen molar-refractivity contribution in [3.63, 3.8) is 0 Å². The van der Waals surface area contributed by atoms with Gasteiger partial charge in [-0.3, -0.25) is 0 Å². The summed E-state index contributed by atoms with van der Waals surface area (Å²) >= 11 is 0. The largest absolute Gasteiger partial charge is 0.496 e. The summed E-state index contributed by atoms with van der Waals surface area (Å²) in [4.78, 5) is 10.8. The summed E-state index contributed by atoms with van der Waals surface area (Å²) in [6, 6.07) is 6.80. The Morgan fingerprint density at radius 2 is 2.21 bits per heavy atom. The van der Waals surface area contributed by atoms with E-state index in [1.165, 1.54) is 13.2 Å². The van der Waals surface area contributed by atoms with E-state index in [0.717, 1.165) is 5.56 Å². The summed E-state index contributed by atoms with van der Waals surface area (Å²) in [7, 11) is 3.11. The first-order valence-electron chi connectivity index (χ1n) is 5.52. The lowest BCUT2D eigenvalue weighted by atomic mass is 10.0. The van der Waals surface area contributed by atoms with Crippen molar-refractivity contribution in [2.24, 2.45) is 0 Å². The molecule has 0 spiro atoms. The van der Waals surface area contributed by atoms with E-state index < -0.39 is 5.97 Å². The molecule has 2 rings (SSSR count). The molecule has 0 aliphatic heterocycles. The van der Waals surface area contributed by atoms with Gasteiger partial charge in [0.25, 0.3) is 0 Å². The third kappa shape index (κ3) is 2.58. The van der Waals surface area contributed by atoms with Crippen LogP contribution in [-0.4, -0.2) is 30.5 Å². The quantitative estimate of drug-likeness (QED) is 0.890. The maximum Gasteiger partial charge on any atom is 0.358 e. The molecule has 0 bridgehead atoms. The number of aromatic nitrogens is 1. The molecule has 2 aromatic rings. The second kappa shape index (κ2) is 5.53. The van der Waals surface area contributed by atoms with Crippen molar-refractivity contribution in [2.45, 2.75) is 6.61 Å². The number of methoxy groups -OCH3 is 2. The molecule has 1 aromatic heterocycles. The Kier molecular flexibility index (Phi) is 3.82. The maximum absolute atomic E-state index is 10.8. The van der Waals surface area contributed by atoms with E-state index >= 15 is 0 Å². The maximum atomic E-state index is 10.8. The molecule has 0 atom stereocenters. The average Bonchev–Trinajstić information content (AvgIpc) is 2.88. The van der Waals surface area contributed by atoms with Gasteiger partial charge in [-0.25, -0.2) is 4.79 Å². The van der Waals surface area contributed by atoms with Crippen LogP contribution in [0.1, 0.15) is 16.1 Å². The van der Waals surface area contributed by atoms with Gasteiger partial charge in [-0.1, -0.05) is 17.3 Å². The summed E-state index contributed by atoms with van der Waals surface area (Å²) in [5.41, 5.74) is 1.33. The molecule has 0 radical (unpaired) electrons. The molecule has 0 saturated heterocycles. The van der Waals surface area contributed by atoms with Gasteiger partial charge in [-0.2, -0.15) is 0 Å². The number of rotatable bonds is 5. The second-order valence-electron chi connectivity index (χ2n) is 3.81. The zero-order valence-electron chi connectivity index (χ0n) is 10.5. The molecule has 0 amide bonds. The van der Waals surface area contributed by atoms with E-state index in [1.807, 2.05) is 12.1 Å². The van der Waals surface area contributed by atoms with Crippen LogP contribution in [0.5, 0.6) is 5.75 Å². The Bertz CT molecular complexity index is 590. The summed E-state index contributed by atoms with van der Waals surface area (Å²) in [6.45, 7) is 0.357. The number of aromatic carboxylic acids is 1. The number of carbonyl (C=O) groups is 1. The molecule has 1 aromatic carbocycles. The van der Waals surface area contributed by atoms with Crippen molar-refractivity contribution < 1.29 is 23.9 Å². The predicted octanol–water partition coefficient (Wildman–Crippen LogP) is 2.19. The molecule has 1 N–H and O–H groups in total. The highest BCUT2D eigenvalue weighted by molar-refractivity contribution is 5.87. The van der Waals surface area contributed by atoms with Crippen molar-refractivity contribution in [2.75, 3.05) is 14.2 Å². The molecular weight excluding hydrogens is 250 g/mol.